The normalized spacial score (nSPS) is 19.6. The van der Waals surface area contributed by atoms with Gasteiger partial charge in [-0.3, -0.25) is 4.79 Å². The van der Waals surface area contributed by atoms with E-state index in [9.17, 15) is 4.79 Å². The van der Waals surface area contributed by atoms with Crippen LogP contribution in [0.15, 0.2) is 6.07 Å². The summed E-state index contributed by atoms with van der Waals surface area (Å²) in [6.07, 6.45) is 2.06. The molecular formula is C12H15Cl2N3O. The molecule has 1 aliphatic heterocycles. The molecule has 2 rings (SSSR count). The van der Waals surface area contributed by atoms with Crippen LogP contribution < -0.4 is 0 Å². The fourth-order valence-electron chi connectivity index (χ4n) is 2.40. The van der Waals surface area contributed by atoms with Gasteiger partial charge in [0.1, 0.15) is 0 Å². The van der Waals surface area contributed by atoms with Crippen molar-refractivity contribution in [2.45, 2.75) is 32.7 Å². The lowest BCUT2D eigenvalue weighted by atomic mass is 10.0. The summed E-state index contributed by atoms with van der Waals surface area (Å²) < 4.78 is 0. The molecule has 0 radical (unpaired) electrons. The first-order chi connectivity index (χ1) is 8.50. The van der Waals surface area contributed by atoms with Gasteiger partial charge in [0.25, 0.3) is 5.91 Å². The lowest BCUT2D eigenvalue weighted by Gasteiger charge is -2.27. The van der Waals surface area contributed by atoms with Crippen molar-refractivity contribution in [3.8, 4) is 0 Å². The van der Waals surface area contributed by atoms with Crippen molar-refractivity contribution in [2.24, 2.45) is 5.92 Å². The molecule has 0 saturated carbocycles. The highest BCUT2D eigenvalue weighted by molar-refractivity contribution is 6.34. The molecule has 18 heavy (non-hydrogen) atoms. The standard InChI is InChI=1S/C12H15Cl2N3O/c1-7(2)9-4-3-5-17(9)12(18)8-6-10(13)15-16-11(8)14/h6-7,9H,3-5H2,1-2H3. The Morgan fingerprint density at radius 2 is 2.17 bits per heavy atom. The summed E-state index contributed by atoms with van der Waals surface area (Å²) in [5.41, 5.74) is 0.337. The van der Waals surface area contributed by atoms with Gasteiger partial charge >= 0.3 is 0 Å². The van der Waals surface area contributed by atoms with E-state index in [-0.39, 0.29) is 22.3 Å². The molecule has 1 fully saturated rings. The van der Waals surface area contributed by atoms with Gasteiger partial charge in [-0.2, -0.15) is 0 Å². The molecule has 1 saturated heterocycles. The van der Waals surface area contributed by atoms with Gasteiger partial charge in [0.15, 0.2) is 10.3 Å². The van der Waals surface area contributed by atoms with Gasteiger partial charge in [0, 0.05) is 12.6 Å². The summed E-state index contributed by atoms with van der Waals surface area (Å²) in [5, 5.41) is 7.59. The highest BCUT2D eigenvalue weighted by atomic mass is 35.5. The van der Waals surface area contributed by atoms with Crippen molar-refractivity contribution >= 4 is 29.1 Å². The third-order valence-electron chi connectivity index (χ3n) is 3.28. The molecule has 6 heteroatoms. The van der Waals surface area contributed by atoms with Gasteiger partial charge in [-0.25, -0.2) is 0 Å². The lowest BCUT2D eigenvalue weighted by Crippen LogP contribution is -2.38. The zero-order valence-corrected chi connectivity index (χ0v) is 11.9. The van der Waals surface area contributed by atoms with Crippen molar-refractivity contribution in [3.05, 3.63) is 21.9 Å². The minimum absolute atomic E-state index is 0.104. The number of hydrogen-bond donors (Lipinski definition) is 0. The van der Waals surface area contributed by atoms with Gasteiger partial charge in [-0.05, 0) is 24.8 Å². The first-order valence-corrected chi connectivity index (χ1v) is 6.76. The van der Waals surface area contributed by atoms with Crippen molar-refractivity contribution in [1.29, 1.82) is 0 Å². The Balaban J connectivity index is 2.28. The van der Waals surface area contributed by atoms with Crippen LogP contribution >= 0.6 is 23.2 Å². The quantitative estimate of drug-likeness (QED) is 0.840. The van der Waals surface area contributed by atoms with Crippen LogP contribution in [0.2, 0.25) is 10.3 Å². The number of carbonyl (C=O) groups is 1. The molecule has 0 N–H and O–H groups in total. The molecule has 0 bridgehead atoms. The third kappa shape index (κ3) is 2.59. The van der Waals surface area contributed by atoms with Crippen LogP contribution in [0.1, 0.15) is 37.0 Å². The maximum Gasteiger partial charge on any atom is 0.257 e. The number of amides is 1. The number of hydrogen-bond acceptors (Lipinski definition) is 3. The number of aromatic nitrogens is 2. The maximum atomic E-state index is 12.4. The zero-order chi connectivity index (χ0) is 13.3. The first-order valence-electron chi connectivity index (χ1n) is 6.00. The molecule has 0 aromatic carbocycles. The van der Waals surface area contributed by atoms with Gasteiger partial charge < -0.3 is 4.90 Å². The van der Waals surface area contributed by atoms with Gasteiger partial charge in [0.2, 0.25) is 0 Å². The van der Waals surface area contributed by atoms with E-state index in [1.165, 1.54) is 6.07 Å². The molecule has 1 aromatic rings. The summed E-state index contributed by atoms with van der Waals surface area (Å²) in [4.78, 5) is 14.3. The molecule has 1 atom stereocenters. The molecule has 1 unspecified atom stereocenters. The minimum atomic E-state index is -0.104. The summed E-state index contributed by atoms with van der Waals surface area (Å²) >= 11 is 11.7. The van der Waals surface area contributed by atoms with Crippen LogP contribution in [0, 0.1) is 5.92 Å². The van der Waals surface area contributed by atoms with Gasteiger partial charge in [-0.1, -0.05) is 37.0 Å². The molecule has 1 aromatic heterocycles. The largest absolute Gasteiger partial charge is 0.335 e. The second-order valence-electron chi connectivity index (χ2n) is 4.82. The zero-order valence-electron chi connectivity index (χ0n) is 10.4. The van der Waals surface area contributed by atoms with E-state index in [1.807, 2.05) is 4.90 Å². The highest BCUT2D eigenvalue weighted by Crippen LogP contribution is 2.27. The van der Waals surface area contributed by atoms with E-state index in [0.29, 0.717) is 11.5 Å². The smallest absolute Gasteiger partial charge is 0.257 e. The second-order valence-corrected chi connectivity index (χ2v) is 5.57. The second kappa shape index (κ2) is 5.41. The van der Waals surface area contributed by atoms with Crippen LogP contribution in [-0.2, 0) is 0 Å². The van der Waals surface area contributed by atoms with Crippen molar-refractivity contribution in [2.75, 3.05) is 6.54 Å². The molecule has 1 amide bonds. The van der Waals surface area contributed by atoms with Crippen LogP contribution in [0.3, 0.4) is 0 Å². The van der Waals surface area contributed by atoms with Crippen LogP contribution in [0.5, 0.6) is 0 Å². The number of carbonyl (C=O) groups excluding carboxylic acids is 1. The molecule has 1 aliphatic rings. The summed E-state index contributed by atoms with van der Waals surface area (Å²) in [7, 11) is 0. The predicted molar refractivity (Wildman–Crippen MR) is 70.9 cm³/mol. The molecule has 2 heterocycles. The monoisotopic (exact) mass is 287 g/mol. The van der Waals surface area contributed by atoms with E-state index in [0.717, 1.165) is 19.4 Å². The van der Waals surface area contributed by atoms with Gasteiger partial charge in [0.05, 0.1) is 5.56 Å². The third-order valence-corrected chi connectivity index (χ3v) is 3.74. The van der Waals surface area contributed by atoms with Crippen LogP contribution in [-0.4, -0.2) is 33.6 Å². The Bertz CT molecular complexity index is 465. The number of rotatable bonds is 2. The number of nitrogens with zero attached hydrogens (tertiary/aromatic N) is 3. The fraction of sp³-hybridized carbons (Fsp3) is 0.583. The topological polar surface area (TPSA) is 46.1 Å². The molecule has 98 valence electrons. The maximum absolute atomic E-state index is 12.4. The SMILES string of the molecule is CC(C)C1CCCN1C(=O)c1cc(Cl)nnc1Cl. The Kier molecular flexibility index (Phi) is 4.07. The molecule has 0 aliphatic carbocycles. The lowest BCUT2D eigenvalue weighted by molar-refractivity contribution is 0.0701. The van der Waals surface area contributed by atoms with E-state index in [4.69, 9.17) is 23.2 Å². The first kappa shape index (κ1) is 13.6. The number of halogens is 2. The van der Waals surface area contributed by atoms with Crippen molar-refractivity contribution in [3.63, 3.8) is 0 Å². The Morgan fingerprint density at radius 1 is 1.44 bits per heavy atom. The molecular weight excluding hydrogens is 273 g/mol. The van der Waals surface area contributed by atoms with E-state index < -0.39 is 0 Å². The van der Waals surface area contributed by atoms with E-state index in [1.54, 1.807) is 0 Å². The minimum Gasteiger partial charge on any atom is -0.335 e. The van der Waals surface area contributed by atoms with E-state index >= 15 is 0 Å². The average Bonchev–Trinajstić information content (AvgIpc) is 2.80. The van der Waals surface area contributed by atoms with Crippen LogP contribution in [0.25, 0.3) is 0 Å². The fourth-order valence-corrected chi connectivity index (χ4v) is 2.72. The summed E-state index contributed by atoms with van der Waals surface area (Å²) in [6.45, 7) is 5.00. The van der Waals surface area contributed by atoms with Crippen molar-refractivity contribution < 1.29 is 4.79 Å². The van der Waals surface area contributed by atoms with Gasteiger partial charge in [-0.15, -0.1) is 10.2 Å². The predicted octanol–water partition coefficient (Wildman–Crippen LogP) is 3.04. The summed E-state index contributed by atoms with van der Waals surface area (Å²) in [5.74, 6) is 0.327. The Labute approximate surface area is 116 Å². The van der Waals surface area contributed by atoms with Crippen molar-refractivity contribution in [1.82, 2.24) is 15.1 Å². The van der Waals surface area contributed by atoms with Crippen LogP contribution in [0.4, 0.5) is 0 Å². The highest BCUT2D eigenvalue weighted by Gasteiger charge is 2.32. The summed E-state index contributed by atoms with van der Waals surface area (Å²) in [6, 6.07) is 1.75. The Hall–Kier alpha value is -0.870. The average molecular weight is 288 g/mol. The molecule has 0 spiro atoms. The molecule has 4 nitrogen and oxygen atoms in total. The van der Waals surface area contributed by atoms with E-state index in [2.05, 4.69) is 24.0 Å². The Morgan fingerprint density at radius 3 is 2.83 bits per heavy atom. The number of likely N-dealkylation sites (tertiary alicyclic amines) is 1.